The Balaban J connectivity index is 0.000000913. The normalized spacial score (nSPS) is 14.3. The van der Waals surface area contributed by atoms with E-state index in [1.165, 1.54) is 5.56 Å². The number of piperidine rings is 1. The maximum atomic E-state index is 8.12. The summed E-state index contributed by atoms with van der Waals surface area (Å²) in [7, 11) is 1.70. The first-order valence-corrected chi connectivity index (χ1v) is 10.7. The van der Waals surface area contributed by atoms with Gasteiger partial charge in [-0.1, -0.05) is 18.2 Å². The van der Waals surface area contributed by atoms with E-state index in [0.717, 1.165) is 72.9 Å². The molecule has 1 aliphatic rings. The molecular formula is C25H29N3O4. The molecule has 4 rings (SSSR count). The summed E-state index contributed by atoms with van der Waals surface area (Å²) in [6, 6.07) is 16.2. The molecule has 0 amide bonds. The highest BCUT2D eigenvalue weighted by atomic mass is 16.5. The van der Waals surface area contributed by atoms with Gasteiger partial charge in [0.15, 0.2) is 0 Å². The molecule has 2 heterocycles. The molecule has 7 nitrogen and oxygen atoms in total. The predicted molar refractivity (Wildman–Crippen MR) is 122 cm³/mol. The summed E-state index contributed by atoms with van der Waals surface area (Å²) in [4.78, 5) is 23.3. The first-order chi connectivity index (χ1) is 15.5. The van der Waals surface area contributed by atoms with Gasteiger partial charge >= 0.3 is 6.15 Å². The second-order valence-corrected chi connectivity index (χ2v) is 7.97. The molecule has 168 valence electrons. The zero-order valence-electron chi connectivity index (χ0n) is 18.5. The largest absolute Gasteiger partial charge is 0.497 e. The molecule has 1 saturated heterocycles. The zero-order valence-corrected chi connectivity index (χ0v) is 18.5. The quantitative estimate of drug-likeness (QED) is 0.628. The summed E-state index contributed by atoms with van der Waals surface area (Å²) < 4.78 is 11.4. The lowest BCUT2D eigenvalue weighted by Crippen LogP contribution is -2.35. The first-order valence-electron chi connectivity index (χ1n) is 10.7. The molecule has 1 fully saturated rings. The van der Waals surface area contributed by atoms with Crippen molar-refractivity contribution in [2.24, 2.45) is 5.92 Å². The highest BCUT2D eigenvalue weighted by Crippen LogP contribution is 2.31. The molecule has 0 spiro atoms. The van der Waals surface area contributed by atoms with Crippen LogP contribution in [0.2, 0.25) is 0 Å². The van der Waals surface area contributed by atoms with Crippen LogP contribution in [0.1, 0.15) is 24.1 Å². The van der Waals surface area contributed by atoms with E-state index in [1.54, 1.807) is 7.11 Å². The van der Waals surface area contributed by atoms with Gasteiger partial charge in [-0.25, -0.2) is 0 Å². The number of nitrogens with two attached hydrogens (primary N) is 1. The third-order valence-electron chi connectivity index (χ3n) is 5.70. The number of fused-ring (bicyclic) bond motifs is 1. The van der Waals surface area contributed by atoms with Gasteiger partial charge in [0.05, 0.1) is 24.6 Å². The molecule has 0 unspecified atom stereocenters. The van der Waals surface area contributed by atoms with Crippen LogP contribution in [0, 0.1) is 12.8 Å². The Hall–Kier alpha value is -3.41. The minimum absolute atomic E-state index is 0.250. The highest BCUT2D eigenvalue weighted by molar-refractivity contribution is 5.95. The van der Waals surface area contributed by atoms with E-state index in [0.29, 0.717) is 5.92 Å². The maximum Gasteiger partial charge on any atom is 0.373 e. The summed E-state index contributed by atoms with van der Waals surface area (Å²) in [5.74, 6) is 2.31. The van der Waals surface area contributed by atoms with Crippen molar-refractivity contribution in [1.82, 2.24) is 9.88 Å². The standard InChI is InChI=1S/C24H29N3O2.CO2/c1-17-14-21(25)24-22(26-17)4-3-5-23(24)29-16-19-10-12-27(13-11-19)15-18-6-8-20(28-2)9-7-18;2-1-3/h3-9,14,19H,10-13,15-16H2,1-2H3,(H2,25,26);. The molecule has 1 aromatic heterocycles. The molecule has 0 aliphatic carbocycles. The van der Waals surface area contributed by atoms with E-state index in [4.69, 9.17) is 24.8 Å². The highest BCUT2D eigenvalue weighted by Gasteiger charge is 2.20. The van der Waals surface area contributed by atoms with Crippen molar-refractivity contribution in [3.8, 4) is 11.5 Å². The summed E-state index contributed by atoms with van der Waals surface area (Å²) in [6.45, 7) is 5.87. The lowest BCUT2D eigenvalue weighted by atomic mass is 9.97. The summed E-state index contributed by atoms with van der Waals surface area (Å²) >= 11 is 0. The molecule has 0 atom stereocenters. The second-order valence-electron chi connectivity index (χ2n) is 7.97. The van der Waals surface area contributed by atoms with Gasteiger partial charge in [-0.3, -0.25) is 9.88 Å². The number of rotatable bonds is 6. The number of methoxy groups -OCH3 is 1. The monoisotopic (exact) mass is 435 g/mol. The fraction of sp³-hybridized carbons (Fsp3) is 0.360. The van der Waals surface area contributed by atoms with Gasteiger partial charge in [0.25, 0.3) is 0 Å². The maximum absolute atomic E-state index is 8.12. The van der Waals surface area contributed by atoms with Crippen molar-refractivity contribution in [2.45, 2.75) is 26.3 Å². The van der Waals surface area contributed by atoms with Gasteiger partial charge in [-0.2, -0.15) is 9.59 Å². The van der Waals surface area contributed by atoms with Crippen LogP contribution in [0.5, 0.6) is 11.5 Å². The van der Waals surface area contributed by atoms with Crippen molar-refractivity contribution in [3.63, 3.8) is 0 Å². The number of benzene rings is 2. The van der Waals surface area contributed by atoms with Crippen molar-refractivity contribution < 1.29 is 19.1 Å². The molecule has 3 aromatic rings. The number of carbonyl (C=O) groups excluding carboxylic acids is 2. The third-order valence-corrected chi connectivity index (χ3v) is 5.70. The number of hydrogen-bond acceptors (Lipinski definition) is 7. The predicted octanol–water partition coefficient (Wildman–Crippen LogP) is 3.84. The summed E-state index contributed by atoms with van der Waals surface area (Å²) in [5, 5.41) is 0.926. The second kappa shape index (κ2) is 11.3. The Morgan fingerprint density at radius 1 is 1.12 bits per heavy atom. The van der Waals surface area contributed by atoms with E-state index in [1.807, 2.05) is 43.3 Å². The van der Waals surface area contributed by atoms with Crippen molar-refractivity contribution in [3.05, 3.63) is 59.8 Å². The average Bonchev–Trinajstić information content (AvgIpc) is 2.79. The van der Waals surface area contributed by atoms with Crippen LogP contribution in [0.3, 0.4) is 0 Å². The number of nitrogen functional groups attached to an aromatic ring is 1. The molecule has 32 heavy (non-hydrogen) atoms. The van der Waals surface area contributed by atoms with Gasteiger partial charge in [0.1, 0.15) is 11.5 Å². The Morgan fingerprint density at radius 2 is 1.81 bits per heavy atom. The van der Waals surface area contributed by atoms with Gasteiger partial charge in [-0.15, -0.1) is 0 Å². The van der Waals surface area contributed by atoms with E-state index in [2.05, 4.69) is 22.0 Å². The number of anilines is 1. The Bertz CT molecular complexity index is 1050. The summed E-state index contributed by atoms with van der Waals surface area (Å²) in [6.07, 6.45) is 2.54. The number of aromatic nitrogens is 1. The van der Waals surface area contributed by atoms with Crippen LogP contribution in [0.25, 0.3) is 10.9 Å². The van der Waals surface area contributed by atoms with Crippen molar-refractivity contribution in [2.75, 3.05) is 32.5 Å². The van der Waals surface area contributed by atoms with Crippen LogP contribution >= 0.6 is 0 Å². The average molecular weight is 436 g/mol. The molecule has 2 N–H and O–H groups in total. The topological polar surface area (TPSA) is 94.8 Å². The van der Waals surface area contributed by atoms with Crippen molar-refractivity contribution >= 4 is 22.7 Å². The van der Waals surface area contributed by atoms with Crippen LogP contribution in [-0.2, 0) is 16.1 Å². The minimum Gasteiger partial charge on any atom is -0.497 e. The smallest absolute Gasteiger partial charge is 0.373 e. The Labute approximate surface area is 188 Å². The summed E-state index contributed by atoms with van der Waals surface area (Å²) in [5.41, 5.74) is 10.1. The van der Waals surface area contributed by atoms with Crippen LogP contribution in [0.15, 0.2) is 48.5 Å². The van der Waals surface area contributed by atoms with E-state index in [-0.39, 0.29) is 6.15 Å². The number of ether oxygens (including phenoxy) is 2. The third kappa shape index (κ3) is 6.06. The van der Waals surface area contributed by atoms with Crippen LogP contribution in [0.4, 0.5) is 5.69 Å². The van der Waals surface area contributed by atoms with Gasteiger partial charge in [0, 0.05) is 17.9 Å². The molecule has 0 radical (unpaired) electrons. The number of nitrogens with zero attached hydrogens (tertiary/aromatic N) is 2. The minimum atomic E-state index is 0.250. The van der Waals surface area contributed by atoms with E-state index >= 15 is 0 Å². The van der Waals surface area contributed by atoms with Crippen LogP contribution in [-0.4, -0.2) is 42.8 Å². The Morgan fingerprint density at radius 3 is 2.47 bits per heavy atom. The number of likely N-dealkylation sites (tertiary alicyclic amines) is 1. The van der Waals surface area contributed by atoms with Crippen molar-refractivity contribution in [1.29, 1.82) is 0 Å². The molecular weight excluding hydrogens is 406 g/mol. The van der Waals surface area contributed by atoms with Crippen LogP contribution < -0.4 is 15.2 Å². The SMILES string of the molecule is COc1ccc(CN2CCC(COc3cccc4nc(C)cc(N)c34)CC2)cc1.O=C=O. The number of hydrogen-bond donors (Lipinski definition) is 1. The molecule has 0 saturated carbocycles. The van der Waals surface area contributed by atoms with Gasteiger partial charge in [-0.05, 0) is 74.7 Å². The van der Waals surface area contributed by atoms with Gasteiger partial charge in [0.2, 0.25) is 0 Å². The molecule has 2 aromatic carbocycles. The fourth-order valence-corrected chi connectivity index (χ4v) is 4.05. The Kier molecular flexibility index (Phi) is 8.20. The molecule has 1 aliphatic heterocycles. The zero-order chi connectivity index (χ0) is 22.9. The number of aryl methyl sites for hydroxylation is 1. The lowest BCUT2D eigenvalue weighted by molar-refractivity contribution is -0.191. The fourth-order valence-electron chi connectivity index (χ4n) is 4.05. The lowest BCUT2D eigenvalue weighted by Gasteiger charge is -2.32. The molecule has 0 bridgehead atoms. The van der Waals surface area contributed by atoms with Gasteiger partial charge < -0.3 is 15.2 Å². The van der Waals surface area contributed by atoms with E-state index in [9.17, 15) is 0 Å². The molecule has 7 heteroatoms. The first kappa shape index (κ1) is 23.3. The number of pyridine rings is 1. The van der Waals surface area contributed by atoms with E-state index < -0.39 is 0 Å².